The molecule has 0 saturated heterocycles. The molecule has 13 heavy (non-hydrogen) atoms. The van der Waals surface area contributed by atoms with Crippen LogP contribution in [0.25, 0.3) is 0 Å². The van der Waals surface area contributed by atoms with Gasteiger partial charge in [-0.1, -0.05) is 0 Å². The number of nitrogens with one attached hydrogen (secondary N) is 1. The highest BCUT2D eigenvalue weighted by atomic mass is 127. The molecule has 0 radical (unpaired) electrons. The van der Waals surface area contributed by atoms with Gasteiger partial charge in [-0.3, -0.25) is 5.32 Å². The van der Waals surface area contributed by atoms with Gasteiger partial charge in [-0.2, -0.15) is 0 Å². The lowest BCUT2D eigenvalue weighted by Crippen LogP contribution is -2.08. The zero-order valence-electron chi connectivity index (χ0n) is 6.74. The van der Waals surface area contributed by atoms with Crippen molar-refractivity contribution < 1.29 is 14.6 Å². The molecule has 0 aliphatic rings. The fourth-order valence-electron chi connectivity index (χ4n) is 0.732. The van der Waals surface area contributed by atoms with Gasteiger partial charge in [0.05, 0.1) is 19.0 Å². The fraction of sp³-hybridized carbons (Fsp3) is 0.143. The molecule has 0 unspecified atom stereocenters. The maximum Gasteiger partial charge on any atom is 0.409 e. The summed E-state index contributed by atoms with van der Waals surface area (Å²) in [6, 6.07) is 1.64. The third kappa shape index (κ3) is 2.72. The first-order valence-electron chi connectivity index (χ1n) is 3.33. The molecule has 0 aliphatic carbocycles. The smallest absolute Gasteiger partial charge is 0.409 e. The number of pyridine rings is 1. The Hall–Kier alpha value is -1.05. The van der Waals surface area contributed by atoms with Crippen LogP contribution in [0.1, 0.15) is 0 Å². The topological polar surface area (TPSA) is 71.5 Å². The number of hydrogen-bond acceptors (Lipinski definition) is 3. The van der Waals surface area contributed by atoms with Gasteiger partial charge in [-0.05, 0) is 22.6 Å². The van der Waals surface area contributed by atoms with E-state index in [1.807, 2.05) is 22.6 Å². The summed E-state index contributed by atoms with van der Waals surface area (Å²) < 4.78 is 5.61. The lowest BCUT2D eigenvalue weighted by atomic mass is 10.4. The molecule has 1 amide bonds. The Labute approximate surface area is 88.3 Å². The Kier molecular flexibility index (Phi) is 3.29. The predicted molar refractivity (Wildman–Crippen MR) is 55.2 cm³/mol. The van der Waals surface area contributed by atoms with Gasteiger partial charge in [-0.15, -0.1) is 0 Å². The molecule has 1 heterocycles. The molecule has 0 atom stereocenters. The molecule has 5 nitrogen and oxygen atoms in total. The van der Waals surface area contributed by atoms with Crippen molar-refractivity contribution in [3.8, 4) is 5.88 Å². The van der Waals surface area contributed by atoms with Gasteiger partial charge in [0.15, 0.2) is 0 Å². The lowest BCUT2D eigenvalue weighted by molar-refractivity contribution is 0.209. The third-order valence-electron chi connectivity index (χ3n) is 1.28. The third-order valence-corrected chi connectivity index (χ3v) is 2.17. The van der Waals surface area contributed by atoms with Crippen LogP contribution >= 0.6 is 22.6 Å². The van der Waals surface area contributed by atoms with Crippen molar-refractivity contribution in [3.63, 3.8) is 0 Å². The van der Waals surface area contributed by atoms with Crippen LogP contribution in [0, 0.1) is 3.57 Å². The van der Waals surface area contributed by atoms with Crippen molar-refractivity contribution in [3.05, 3.63) is 15.8 Å². The summed E-state index contributed by atoms with van der Waals surface area (Å²) in [6.45, 7) is 0. The van der Waals surface area contributed by atoms with Crippen LogP contribution < -0.4 is 10.1 Å². The number of anilines is 1. The van der Waals surface area contributed by atoms with Gasteiger partial charge in [0.1, 0.15) is 0 Å². The maximum atomic E-state index is 10.3. The van der Waals surface area contributed by atoms with Crippen molar-refractivity contribution in [2.45, 2.75) is 0 Å². The van der Waals surface area contributed by atoms with Crippen molar-refractivity contribution in [1.29, 1.82) is 0 Å². The predicted octanol–water partition coefficient (Wildman–Crippen LogP) is 1.78. The summed E-state index contributed by atoms with van der Waals surface area (Å²) in [5.74, 6) is 0.459. The number of nitrogens with zero attached hydrogens (tertiary/aromatic N) is 1. The Morgan fingerprint density at radius 2 is 2.46 bits per heavy atom. The molecule has 70 valence electrons. The molecule has 0 aromatic carbocycles. The van der Waals surface area contributed by atoms with E-state index in [1.165, 1.54) is 13.3 Å². The molecule has 0 saturated carbocycles. The number of rotatable bonds is 2. The first-order valence-corrected chi connectivity index (χ1v) is 4.41. The van der Waals surface area contributed by atoms with Crippen LogP contribution in [0.15, 0.2) is 12.3 Å². The van der Waals surface area contributed by atoms with Crippen LogP contribution in [0.2, 0.25) is 0 Å². The number of halogens is 1. The average molecular weight is 294 g/mol. The number of methoxy groups -OCH3 is 1. The van der Waals surface area contributed by atoms with Gasteiger partial charge in [0.2, 0.25) is 5.88 Å². The van der Waals surface area contributed by atoms with E-state index < -0.39 is 6.09 Å². The summed E-state index contributed by atoms with van der Waals surface area (Å²) in [7, 11) is 1.50. The summed E-state index contributed by atoms with van der Waals surface area (Å²) in [4.78, 5) is 14.2. The van der Waals surface area contributed by atoms with E-state index in [-0.39, 0.29) is 0 Å². The van der Waals surface area contributed by atoms with Gasteiger partial charge in [0, 0.05) is 9.64 Å². The highest BCUT2D eigenvalue weighted by Gasteiger charge is 2.04. The van der Waals surface area contributed by atoms with Crippen LogP contribution in [-0.4, -0.2) is 23.3 Å². The molecule has 0 spiro atoms. The van der Waals surface area contributed by atoms with E-state index in [0.29, 0.717) is 11.6 Å². The lowest BCUT2D eigenvalue weighted by Gasteiger charge is -2.04. The largest absolute Gasteiger partial charge is 0.481 e. The van der Waals surface area contributed by atoms with E-state index >= 15 is 0 Å². The number of ether oxygens (including phenoxy) is 1. The minimum atomic E-state index is -1.11. The second kappa shape index (κ2) is 4.26. The molecular formula is C7H7IN2O3. The minimum absolute atomic E-state index is 0.453. The number of carbonyl (C=O) groups is 1. The van der Waals surface area contributed by atoms with E-state index in [4.69, 9.17) is 9.84 Å². The fourth-order valence-corrected chi connectivity index (χ4v) is 1.27. The van der Waals surface area contributed by atoms with Gasteiger partial charge in [0.25, 0.3) is 0 Å². The molecule has 1 rings (SSSR count). The zero-order valence-corrected chi connectivity index (χ0v) is 8.90. The molecule has 0 bridgehead atoms. The second-order valence-electron chi connectivity index (χ2n) is 2.14. The summed E-state index contributed by atoms with van der Waals surface area (Å²) in [6.07, 6.45) is 0.305. The normalized spacial score (nSPS) is 9.38. The highest BCUT2D eigenvalue weighted by molar-refractivity contribution is 14.1. The van der Waals surface area contributed by atoms with Gasteiger partial charge in [-0.25, -0.2) is 9.78 Å². The Morgan fingerprint density at radius 3 is 2.92 bits per heavy atom. The molecular weight excluding hydrogens is 287 g/mol. The monoisotopic (exact) mass is 294 g/mol. The van der Waals surface area contributed by atoms with Gasteiger partial charge >= 0.3 is 6.09 Å². The number of aromatic nitrogens is 1. The first-order chi connectivity index (χ1) is 6.13. The first kappa shape index (κ1) is 10.0. The van der Waals surface area contributed by atoms with Crippen molar-refractivity contribution >= 4 is 34.4 Å². The van der Waals surface area contributed by atoms with Crippen LogP contribution in [0.3, 0.4) is 0 Å². The SMILES string of the molecule is COc1cc(I)c(NC(=O)O)cn1. The van der Waals surface area contributed by atoms with Crippen molar-refractivity contribution in [2.24, 2.45) is 0 Å². The maximum absolute atomic E-state index is 10.3. The number of hydrogen-bond donors (Lipinski definition) is 2. The summed E-state index contributed by atoms with van der Waals surface area (Å²) >= 11 is 2.00. The minimum Gasteiger partial charge on any atom is -0.481 e. The molecule has 1 aromatic heterocycles. The Bertz CT molecular complexity index is 330. The van der Waals surface area contributed by atoms with Crippen molar-refractivity contribution in [2.75, 3.05) is 12.4 Å². The standard InChI is InChI=1S/C7H7IN2O3/c1-13-6-2-4(8)5(3-9-6)10-7(11)12/h2-3,10H,1H3,(H,11,12). The van der Waals surface area contributed by atoms with E-state index in [9.17, 15) is 4.79 Å². The number of amides is 1. The average Bonchev–Trinajstić information content (AvgIpc) is 2.08. The molecule has 6 heteroatoms. The van der Waals surface area contributed by atoms with E-state index in [0.717, 1.165) is 3.57 Å². The zero-order chi connectivity index (χ0) is 9.84. The van der Waals surface area contributed by atoms with Crippen LogP contribution in [0.4, 0.5) is 10.5 Å². The molecule has 0 aliphatic heterocycles. The second-order valence-corrected chi connectivity index (χ2v) is 3.30. The Morgan fingerprint density at radius 1 is 1.77 bits per heavy atom. The van der Waals surface area contributed by atoms with E-state index in [2.05, 4.69) is 10.3 Å². The molecule has 0 fully saturated rings. The molecule has 1 aromatic rings. The Balaban J connectivity index is 2.91. The van der Waals surface area contributed by atoms with E-state index in [1.54, 1.807) is 6.07 Å². The quantitative estimate of drug-likeness (QED) is 0.816. The van der Waals surface area contributed by atoms with Crippen LogP contribution in [0.5, 0.6) is 5.88 Å². The van der Waals surface area contributed by atoms with Crippen LogP contribution in [-0.2, 0) is 0 Å². The molecule has 2 N–H and O–H groups in total. The van der Waals surface area contributed by atoms with Crippen molar-refractivity contribution in [1.82, 2.24) is 4.98 Å². The summed E-state index contributed by atoms with van der Waals surface area (Å²) in [5.41, 5.74) is 0.453. The number of carboxylic acid groups (broad SMARTS) is 1. The summed E-state index contributed by atoms with van der Waals surface area (Å²) in [5, 5.41) is 10.7. The van der Waals surface area contributed by atoms with Gasteiger partial charge < -0.3 is 9.84 Å². The highest BCUT2D eigenvalue weighted by Crippen LogP contribution is 2.20.